The van der Waals surface area contributed by atoms with Gasteiger partial charge >= 0.3 is 0 Å². The first-order valence-electron chi connectivity index (χ1n) is 3.38. The minimum Gasteiger partial charge on any atom is -0.326 e. The predicted molar refractivity (Wildman–Crippen MR) is 44.4 cm³/mol. The number of nitrogens with two attached hydrogens (primary N) is 1. The van der Waals surface area contributed by atoms with Gasteiger partial charge in [-0.25, -0.2) is 4.39 Å². The fourth-order valence-electron chi connectivity index (χ4n) is 0.911. The largest absolute Gasteiger partial charge is 0.326 e. The van der Waals surface area contributed by atoms with Crippen LogP contribution in [0.25, 0.3) is 6.08 Å². The van der Waals surface area contributed by atoms with Gasteiger partial charge in [-0.3, -0.25) is 0 Å². The second-order valence-corrected chi connectivity index (χ2v) is 2.30. The molecule has 0 amide bonds. The Morgan fingerprint density at radius 1 is 1.45 bits per heavy atom. The molecule has 0 aromatic heterocycles. The molecule has 1 aromatic rings. The minimum atomic E-state index is -0.261. The van der Waals surface area contributed by atoms with E-state index in [4.69, 9.17) is 5.73 Å². The normalized spacial score (nSPS) is 9.64. The number of hydrogen-bond acceptors (Lipinski definition) is 1. The first-order valence-corrected chi connectivity index (χ1v) is 3.38. The van der Waals surface area contributed by atoms with E-state index in [9.17, 15) is 4.39 Å². The summed E-state index contributed by atoms with van der Waals surface area (Å²) in [6.07, 6.45) is 1.60. The molecular formula is C9H10FN. The zero-order valence-electron chi connectivity index (χ0n) is 6.18. The molecule has 11 heavy (non-hydrogen) atoms. The molecule has 0 unspecified atom stereocenters. The van der Waals surface area contributed by atoms with Crippen LogP contribution in [0.3, 0.4) is 0 Å². The summed E-state index contributed by atoms with van der Waals surface area (Å²) in [6.45, 7) is 3.90. The standard InChI is InChI=1S/C9H10FN/c1-2-7-3-8(6-11)5-9(10)4-7/h2-5H,1,6,11H2. The molecule has 2 heteroatoms. The molecule has 1 rings (SSSR count). The zero-order chi connectivity index (χ0) is 8.27. The van der Waals surface area contributed by atoms with E-state index in [0.29, 0.717) is 6.54 Å². The summed E-state index contributed by atoms with van der Waals surface area (Å²) in [6, 6.07) is 4.66. The lowest BCUT2D eigenvalue weighted by Gasteiger charge is -1.98. The van der Waals surface area contributed by atoms with Gasteiger partial charge in [0.15, 0.2) is 0 Å². The first-order chi connectivity index (χ1) is 5.26. The lowest BCUT2D eigenvalue weighted by molar-refractivity contribution is 0.625. The van der Waals surface area contributed by atoms with Crippen molar-refractivity contribution in [1.29, 1.82) is 0 Å². The van der Waals surface area contributed by atoms with Gasteiger partial charge in [0.05, 0.1) is 0 Å². The van der Waals surface area contributed by atoms with Crippen LogP contribution in [0, 0.1) is 5.82 Å². The van der Waals surface area contributed by atoms with Crippen molar-refractivity contribution in [2.45, 2.75) is 6.54 Å². The van der Waals surface area contributed by atoms with Gasteiger partial charge in [0.1, 0.15) is 5.82 Å². The number of rotatable bonds is 2. The van der Waals surface area contributed by atoms with E-state index in [1.54, 1.807) is 6.08 Å². The van der Waals surface area contributed by atoms with Crippen LogP contribution in [-0.2, 0) is 6.54 Å². The molecular weight excluding hydrogens is 141 g/mol. The van der Waals surface area contributed by atoms with E-state index in [0.717, 1.165) is 11.1 Å². The summed E-state index contributed by atoms with van der Waals surface area (Å²) in [5.41, 5.74) is 6.90. The van der Waals surface area contributed by atoms with Crippen LogP contribution in [0.2, 0.25) is 0 Å². The lowest BCUT2D eigenvalue weighted by atomic mass is 10.1. The van der Waals surface area contributed by atoms with Crippen LogP contribution in [0.5, 0.6) is 0 Å². The monoisotopic (exact) mass is 151 g/mol. The maximum absolute atomic E-state index is 12.7. The molecule has 0 aliphatic rings. The van der Waals surface area contributed by atoms with Crippen molar-refractivity contribution in [2.24, 2.45) is 5.73 Å². The van der Waals surface area contributed by atoms with Crippen molar-refractivity contribution >= 4 is 6.08 Å². The summed E-state index contributed by atoms with van der Waals surface area (Å²) in [4.78, 5) is 0. The maximum atomic E-state index is 12.7. The Balaban J connectivity index is 3.11. The second kappa shape index (κ2) is 3.30. The number of hydrogen-bond donors (Lipinski definition) is 1. The number of benzene rings is 1. The van der Waals surface area contributed by atoms with Crippen molar-refractivity contribution in [3.8, 4) is 0 Å². The number of halogens is 1. The van der Waals surface area contributed by atoms with Crippen molar-refractivity contribution < 1.29 is 4.39 Å². The Morgan fingerprint density at radius 2 is 2.18 bits per heavy atom. The summed E-state index contributed by atoms with van der Waals surface area (Å²) in [5.74, 6) is -0.261. The molecule has 0 saturated heterocycles. The second-order valence-electron chi connectivity index (χ2n) is 2.30. The molecule has 0 heterocycles. The predicted octanol–water partition coefficient (Wildman–Crippen LogP) is 1.93. The molecule has 0 radical (unpaired) electrons. The molecule has 0 aliphatic carbocycles. The van der Waals surface area contributed by atoms with E-state index in [2.05, 4.69) is 6.58 Å². The molecule has 0 aliphatic heterocycles. The van der Waals surface area contributed by atoms with Crippen LogP contribution in [0.1, 0.15) is 11.1 Å². The quantitative estimate of drug-likeness (QED) is 0.686. The fourth-order valence-corrected chi connectivity index (χ4v) is 0.911. The van der Waals surface area contributed by atoms with Gasteiger partial charge < -0.3 is 5.73 Å². The smallest absolute Gasteiger partial charge is 0.124 e. The third kappa shape index (κ3) is 1.88. The van der Waals surface area contributed by atoms with Gasteiger partial charge in [-0.1, -0.05) is 18.7 Å². The Bertz CT molecular complexity index is 268. The van der Waals surface area contributed by atoms with Gasteiger partial charge in [0.25, 0.3) is 0 Å². The summed E-state index contributed by atoms with van der Waals surface area (Å²) in [5, 5.41) is 0. The highest BCUT2D eigenvalue weighted by Gasteiger charge is 1.95. The summed E-state index contributed by atoms with van der Waals surface area (Å²) in [7, 11) is 0. The van der Waals surface area contributed by atoms with Gasteiger partial charge in [0, 0.05) is 6.54 Å². The van der Waals surface area contributed by atoms with E-state index < -0.39 is 0 Å². The first kappa shape index (κ1) is 7.95. The Labute approximate surface area is 65.3 Å². The molecule has 0 atom stereocenters. The van der Waals surface area contributed by atoms with Crippen molar-refractivity contribution in [1.82, 2.24) is 0 Å². The van der Waals surface area contributed by atoms with E-state index in [1.807, 2.05) is 6.07 Å². The third-order valence-corrected chi connectivity index (χ3v) is 1.45. The molecule has 1 nitrogen and oxygen atoms in total. The molecule has 2 N–H and O–H groups in total. The Hall–Kier alpha value is -1.15. The van der Waals surface area contributed by atoms with Gasteiger partial charge in [-0.2, -0.15) is 0 Å². The van der Waals surface area contributed by atoms with Crippen molar-refractivity contribution in [3.63, 3.8) is 0 Å². The molecule has 1 aromatic carbocycles. The van der Waals surface area contributed by atoms with Gasteiger partial charge in [-0.15, -0.1) is 0 Å². The van der Waals surface area contributed by atoms with E-state index in [1.165, 1.54) is 12.1 Å². The van der Waals surface area contributed by atoms with Crippen LogP contribution in [0.4, 0.5) is 4.39 Å². The van der Waals surface area contributed by atoms with Gasteiger partial charge in [-0.05, 0) is 23.3 Å². The molecule has 0 saturated carbocycles. The SMILES string of the molecule is C=Cc1cc(F)cc(CN)c1. The highest BCUT2D eigenvalue weighted by atomic mass is 19.1. The minimum absolute atomic E-state index is 0.261. The lowest BCUT2D eigenvalue weighted by Crippen LogP contribution is -1.97. The molecule has 0 fully saturated rings. The topological polar surface area (TPSA) is 26.0 Å². The van der Waals surface area contributed by atoms with Crippen molar-refractivity contribution in [2.75, 3.05) is 0 Å². The highest BCUT2D eigenvalue weighted by Crippen LogP contribution is 2.09. The maximum Gasteiger partial charge on any atom is 0.124 e. The third-order valence-electron chi connectivity index (χ3n) is 1.45. The average Bonchev–Trinajstić information content (AvgIpc) is 2.03. The van der Waals surface area contributed by atoms with Crippen LogP contribution < -0.4 is 5.73 Å². The summed E-state index contributed by atoms with van der Waals surface area (Å²) < 4.78 is 12.7. The molecule has 0 spiro atoms. The zero-order valence-corrected chi connectivity index (χ0v) is 6.18. The van der Waals surface area contributed by atoms with Crippen LogP contribution in [0.15, 0.2) is 24.8 Å². The van der Waals surface area contributed by atoms with Crippen molar-refractivity contribution in [3.05, 3.63) is 41.7 Å². The molecule has 58 valence electrons. The van der Waals surface area contributed by atoms with Crippen LogP contribution >= 0.6 is 0 Å². The van der Waals surface area contributed by atoms with Gasteiger partial charge in [0.2, 0.25) is 0 Å². The summed E-state index contributed by atoms with van der Waals surface area (Å²) >= 11 is 0. The molecule has 0 bridgehead atoms. The van der Waals surface area contributed by atoms with E-state index in [-0.39, 0.29) is 5.82 Å². The Kier molecular flexibility index (Phi) is 2.39. The highest BCUT2D eigenvalue weighted by molar-refractivity contribution is 5.48. The van der Waals surface area contributed by atoms with Crippen LogP contribution in [-0.4, -0.2) is 0 Å². The Morgan fingerprint density at radius 3 is 2.73 bits per heavy atom. The van der Waals surface area contributed by atoms with E-state index >= 15 is 0 Å². The fraction of sp³-hybridized carbons (Fsp3) is 0.111. The average molecular weight is 151 g/mol.